The molecular formula is C44H57F4N3O4S. The number of carbonyl (C=O) groups excluding carboxylic acids is 3. The largest absolute Gasteiger partial charge is 0.416 e. The minimum absolute atomic E-state index is 0.0589. The lowest BCUT2D eigenvalue weighted by atomic mass is 9.71. The molecular weight excluding hydrogens is 743 g/mol. The van der Waals surface area contributed by atoms with E-state index in [-0.39, 0.29) is 79.0 Å². The van der Waals surface area contributed by atoms with Crippen LogP contribution in [0.1, 0.15) is 108 Å². The summed E-state index contributed by atoms with van der Waals surface area (Å²) in [5.74, 6) is -2.03. The molecule has 1 fully saturated rings. The van der Waals surface area contributed by atoms with Gasteiger partial charge in [-0.05, 0) is 102 Å². The van der Waals surface area contributed by atoms with Gasteiger partial charge in [0, 0.05) is 57.9 Å². The second-order valence-electron chi connectivity index (χ2n) is 16.3. The SMILES string of the molecule is CCC(C)[C@@H](CNC(=S)NCC1CCOCC1)CC(=O)[C@@]1(NC(=O)[C@@H](CC(=O)Cc2ccccc2F)C(C)CC)CCC2=C(C1)c1cccc(C(F)(F)F)c1C2. The molecule has 0 radical (unpaired) electrons. The first kappa shape index (κ1) is 43.5. The molecule has 2 aromatic rings. The number of halogens is 4. The fourth-order valence-electron chi connectivity index (χ4n) is 8.52. The average molecular weight is 800 g/mol. The van der Waals surface area contributed by atoms with Crippen molar-refractivity contribution in [3.63, 3.8) is 0 Å². The molecule has 1 saturated heterocycles. The Hall–Kier alpha value is -3.64. The normalized spacial score (nSPS) is 20.6. The molecule has 3 N–H and O–H groups in total. The molecule has 3 aliphatic rings. The number of alkyl halides is 3. The van der Waals surface area contributed by atoms with E-state index in [4.69, 9.17) is 17.0 Å². The lowest BCUT2D eigenvalue weighted by molar-refractivity contribution is -0.138. The van der Waals surface area contributed by atoms with Crippen molar-refractivity contribution in [2.24, 2.45) is 29.6 Å². The van der Waals surface area contributed by atoms with Crippen LogP contribution in [0.5, 0.6) is 0 Å². The van der Waals surface area contributed by atoms with E-state index in [1.165, 1.54) is 12.1 Å². The van der Waals surface area contributed by atoms with E-state index < -0.39 is 34.9 Å². The van der Waals surface area contributed by atoms with Crippen molar-refractivity contribution >= 4 is 40.4 Å². The van der Waals surface area contributed by atoms with E-state index in [0.717, 1.165) is 50.7 Å². The Labute approximate surface area is 334 Å². The van der Waals surface area contributed by atoms with Crippen LogP contribution in [0.4, 0.5) is 17.6 Å². The summed E-state index contributed by atoms with van der Waals surface area (Å²) in [6, 6.07) is 10.2. The summed E-state index contributed by atoms with van der Waals surface area (Å²) in [5, 5.41) is 10.3. The predicted octanol–water partition coefficient (Wildman–Crippen LogP) is 8.57. The smallest absolute Gasteiger partial charge is 0.381 e. The molecule has 0 spiro atoms. The number of allylic oxidation sites excluding steroid dienone is 1. The highest BCUT2D eigenvalue weighted by Gasteiger charge is 2.48. The maximum absolute atomic E-state index is 14.9. The minimum Gasteiger partial charge on any atom is -0.381 e. The van der Waals surface area contributed by atoms with Gasteiger partial charge in [-0.1, -0.05) is 76.4 Å². The van der Waals surface area contributed by atoms with Gasteiger partial charge in [-0.15, -0.1) is 0 Å². The first-order valence-corrected chi connectivity index (χ1v) is 20.7. The maximum atomic E-state index is 14.9. The molecule has 2 aromatic carbocycles. The number of ketones is 2. The van der Waals surface area contributed by atoms with Gasteiger partial charge in [0.1, 0.15) is 17.1 Å². The zero-order valence-electron chi connectivity index (χ0n) is 33.1. The molecule has 0 saturated carbocycles. The molecule has 0 aromatic heterocycles. The van der Waals surface area contributed by atoms with Crippen molar-refractivity contribution < 1.29 is 36.7 Å². The van der Waals surface area contributed by atoms with Crippen LogP contribution in [0.15, 0.2) is 48.0 Å². The number of thiocarbonyl (C=S) groups is 1. The maximum Gasteiger partial charge on any atom is 0.416 e. The Morgan fingerprint density at radius 1 is 0.964 bits per heavy atom. The Kier molecular flexibility index (Phi) is 14.9. The lowest BCUT2D eigenvalue weighted by Gasteiger charge is -2.40. The molecule has 12 heteroatoms. The van der Waals surface area contributed by atoms with Gasteiger partial charge in [-0.25, -0.2) is 4.39 Å². The first-order chi connectivity index (χ1) is 26.7. The van der Waals surface area contributed by atoms with Crippen LogP contribution < -0.4 is 16.0 Å². The lowest BCUT2D eigenvalue weighted by Crippen LogP contribution is -2.58. The van der Waals surface area contributed by atoms with Crippen LogP contribution in [-0.4, -0.2) is 54.4 Å². The fraction of sp³-hybridized carbons (Fsp3) is 0.591. The third kappa shape index (κ3) is 10.6. The highest BCUT2D eigenvalue weighted by atomic mass is 32.1. The van der Waals surface area contributed by atoms with Crippen molar-refractivity contribution in [1.29, 1.82) is 0 Å². The molecule has 0 bridgehead atoms. The van der Waals surface area contributed by atoms with Gasteiger partial charge >= 0.3 is 6.18 Å². The Morgan fingerprint density at radius 2 is 1.68 bits per heavy atom. The minimum atomic E-state index is -4.53. The number of amides is 1. The molecule has 1 aliphatic heterocycles. The van der Waals surface area contributed by atoms with Crippen LogP contribution in [0.2, 0.25) is 0 Å². The van der Waals surface area contributed by atoms with Crippen LogP contribution >= 0.6 is 12.2 Å². The third-order valence-corrected chi connectivity index (χ3v) is 12.9. The molecule has 5 atom stereocenters. The standard InChI is InChI=1S/C44H57F4N3O4S/c1-5-27(3)32(26-50-42(56)49-25-29-15-18-55-19-16-29)22-40(53)43(17-14-30-21-36-34(37(30)24-43)11-9-12-38(36)44(46,47)48)51-41(54)35(28(4)6-2)23-33(52)20-31-10-7-8-13-39(31)45/h7-13,27-29,32,35H,5-6,14-26H2,1-4H3,(H,51,54)(H2,49,50,56)/t27?,28?,32-,35+,43-/m1/s1. The number of Topliss-reactive ketones (excluding diaryl/α,β-unsaturated/α-hetero) is 2. The molecule has 1 amide bonds. The van der Waals surface area contributed by atoms with Crippen molar-refractivity contribution in [1.82, 2.24) is 16.0 Å². The average Bonchev–Trinajstić information content (AvgIpc) is 3.55. The van der Waals surface area contributed by atoms with Gasteiger partial charge in [0.25, 0.3) is 0 Å². The summed E-state index contributed by atoms with van der Waals surface area (Å²) < 4.78 is 62.4. The zero-order valence-corrected chi connectivity index (χ0v) is 33.9. The van der Waals surface area contributed by atoms with Crippen LogP contribution in [0.3, 0.4) is 0 Å². The summed E-state index contributed by atoms with van der Waals surface area (Å²) in [4.78, 5) is 42.8. The van der Waals surface area contributed by atoms with Crippen molar-refractivity contribution in [3.05, 3.63) is 76.1 Å². The molecule has 5 rings (SSSR count). The second-order valence-corrected chi connectivity index (χ2v) is 16.7. The molecule has 56 heavy (non-hydrogen) atoms. The van der Waals surface area contributed by atoms with E-state index in [0.29, 0.717) is 41.6 Å². The monoisotopic (exact) mass is 799 g/mol. The van der Waals surface area contributed by atoms with E-state index in [1.807, 2.05) is 13.8 Å². The summed E-state index contributed by atoms with van der Waals surface area (Å²) in [7, 11) is 0. The predicted molar refractivity (Wildman–Crippen MR) is 214 cm³/mol. The van der Waals surface area contributed by atoms with E-state index in [9.17, 15) is 31.9 Å². The van der Waals surface area contributed by atoms with E-state index >= 15 is 0 Å². The topological polar surface area (TPSA) is 96.5 Å². The number of carbonyl (C=O) groups is 3. The van der Waals surface area contributed by atoms with Crippen LogP contribution in [0, 0.1) is 35.4 Å². The highest BCUT2D eigenvalue weighted by Crippen LogP contribution is 2.49. The molecule has 1 heterocycles. The fourth-order valence-corrected chi connectivity index (χ4v) is 8.68. The van der Waals surface area contributed by atoms with E-state index in [2.05, 4.69) is 29.8 Å². The summed E-state index contributed by atoms with van der Waals surface area (Å²) >= 11 is 5.62. The summed E-state index contributed by atoms with van der Waals surface area (Å²) in [6.07, 6.45) is -0.628. The molecule has 2 unspecified atom stereocenters. The second kappa shape index (κ2) is 19.2. The molecule has 306 valence electrons. The Balaban J connectivity index is 1.40. The number of ether oxygens (including phenoxy) is 1. The molecule has 2 aliphatic carbocycles. The van der Waals surface area contributed by atoms with Gasteiger partial charge < -0.3 is 20.7 Å². The number of benzene rings is 2. The quantitative estimate of drug-likeness (QED) is 0.109. The highest BCUT2D eigenvalue weighted by molar-refractivity contribution is 7.80. The van der Waals surface area contributed by atoms with E-state index in [1.54, 1.807) is 24.3 Å². The first-order valence-electron chi connectivity index (χ1n) is 20.3. The number of nitrogens with one attached hydrogen (secondary N) is 3. The number of hydrogen-bond acceptors (Lipinski definition) is 5. The van der Waals surface area contributed by atoms with Crippen molar-refractivity contribution in [2.75, 3.05) is 26.3 Å². The molecule has 7 nitrogen and oxygen atoms in total. The van der Waals surface area contributed by atoms with Crippen LogP contribution in [-0.2, 0) is 38.1 Å². The summed E-state index contributed by atoms with van der Waals surface area (Å²) in [5.41, 5.74) is 0.381. The van der Waals surface area contributed by atoms with Gasteiger partial charge in [0.15, 0.2) is 10.9 Å². The number of fused-ring (bicyclic) bond motifs is 2. The van der Waals surface area contributed by atoms with Gasteiger partial charge in [0.05, 0.1) is 5.56 Å². The Morgan fingerprint density at radius 3 is 2.36 bits per heavy atom. The zero-order chi connectivity index (χ0) is 40.6. The summed E-state index contributed by atoms with van der Waals surface area (Å²) in [6.45, 7) is 10.6. The Bertz CT molecular complexity index is 1770. The van der Waals surface area contributed by atoms with Crippen LogP contribution in [0.25, 0.3) is 5.57 Å². The van der Waals surface area contributed by atoms with Gasteiger partial charge in [0.2, 0.25) is 5.91 Å². The number of hydrogen-bond donors (Lipinski definition) is 3. The van der Waals surface area contributed by atoms with Crippen molar-refractivity contribution in [3.8, 4) is 0 Å². The van der Waals surface area contributed by atoms with Crippen molar-refractivity contribution in [2.45, 2.75) is 110 Å². The van der Waals surface area contributed by atoms with Gasteiger partial charge in [-0.2, -0.15) is 13.2 Å². The van der Waals surface area contributed by atoms with Gasteiger partial charge in [-0.3, -0.25) is 14.4 Å². The third-order valence-electron chi connectivity index (χ3n) is 12.6. The number of rotatable bonds is 17.